The largest absolute Gasteiger partial charge is 0.490 e. The number of carbonyl (C=O) groups excluding carboxylic acids is 1. The predicted molar refractivity (Wildman–Crippen MR) is 56.6 cm³/mol. The van der Waals surface area contributed by atoms with Gasteiger partial charge in [0.1, 0.15) is 0 Å². The molecule has 0 radical (unpaired) electrons. The molecule has 0 spiro atoms. The number of aliphatic hydroxyl groups excluding tert-OH is 1. The number of hydrogen-bond donors (Lipinski definition) is 1. The molecule has 0 aliphatic carbocycles. The standard InChI is InChI=1S/C10H11NO6/c1-16-8-4-3-6(5-7(8)11(14)15)9(12)10(13)17-2/h3-5,9,12H,1-2H3/t9-/m1/s1. The molecule has 92 valence electrons. The Hall–Kier alpha value is -2.15. The van der Waals surface area contributed by atoms with E-state index >= 15 is 0 Å². The summed E-state index contributed by atoms with van der Waals surface area (Å²) in [6.45, 7) is 0. The molecule has 0 aliphatic heterocycles. The second-order valence-corrected chi connectivity index (χ2v) is 3.11. The normalized spacial score (nSPS) is 11.7. The first-order chi connectivity index (χ1) is 8.01. The predicted octanol–water partition coefficient (Wildman–Crippen LogP) is 0.810. The maximum absolute atomic E-state index is 11.1. The maximum atomic E-state index is 11.1. The van der Waals surface area contributed by atoms with Crippen molar-refractivity contribution in [3.05, 3.63) is 33.9 Å². The number of aliphatic hydroxyl groups is 1. The van der Waals surface area contributed by atoms with Crippen molar-refractivity contribution >= 4 is 11.7 Å². The Morgan fingerprint density at radius 1 is 1.47 bits per heavy atom. The number of esters is 1. The molecule has 0 unspecified atom stereocenters. The monoisotopic (exact) mass is 241 g/mol. The van der Waals surface area contributed by atoms with E-state index in [0.717, 1.165) is 13.2 Å². The molecule has 1 N–H and O–H groups in total. The Bertz CT molecular complexity index is 444. The first-order valence-electron chi connectivity index (χ1n) is 4.59. The third-order valence-corrected chi connectivity index (χ3v) is 2.14. The average Bonchev–Trinajstić information content (AvgIpc) is 2.35. The van der Waals surface area contributed by atoms with Crippen LogP contribution >= 0.6 is 0 Å². The van der Waals surface area contributed by atoms with Crippen molar-refractivity contribution in [3.63, 3.8) is 0 Å². The molecule has 0 amide bonds. The summed E-state index contributed by atoms with van der Waals surface area (Å²) in [7, 11) is 2.40. The fraction of sp³-hybridized carbons (Fsp3) is 0.300. The molecular formula is C10H11NO6. The van der Waals surface area contributed by atoms with Gasteiger partial charge in [0.15, 0.2) is 11.9 Å². The van der Waals surface area contributed by atoms with Crippen LogP contribution in [0.3, 0.4) is 0 Å². The van der Waals surface area contributed by atoms with Crippen molar-refractivity contribution in [1.29, 1.82) is 0 Å². The number of rotatable bonds is 4. The van der Waals surface area contributed by atoms with Crippen LogP contribution in [0.2, 0.25) is 0 Å². The van der Waals surface area contributed by atoms with Gasteiger partial charge in [0.25, 0.3) is 0 Å². The first kappa shape index (κ1) is 12.9. The Kier molecular flexibility index (Phi) is 4.00. The van der Waals surface area contributed by atoms with Gasteiger partial charge >= 0.3 is 11.7 Å². The number of hydrogen-bond acceptors (Lipinski definition) is 6. The molecule has 0 bridgehead atoms. The molecule has 7 nitrogen and oxygen atoms in total. The molecule has 0 aliphatic rings. The van der Waals surface area contributed by atoms with Gasteiger partial charge in [-0.15, -0.1) is 0 Å². The Labute approximate surface area is 96.7 Å². The average molecular weight is 241 g/mol. The molecule has 1 atom stereocenters. The van der Waals surface area contributed by atoms with Crippen LogP contribution in [0.1, 0.15) is 11.7 Å². The zero-order valence-electron chi connectivity index (χ0n) is 9.25. The molecule has 0 heterocycles. The molecule has 1 aromatic rings. The second-order valence-electron chi connectivity index (χ2n) is 3.11. The van der Waals surface area contributed by atoms with E-state index in [1.54, 1.807) is 0 Å². The highest BCUT2D eigenvalue weighted by Gasteiger charge is 2.23. The molecule has 0 aromatic heterocycles. The van der Waals surface area contributed by atoms with Crippen LogP contribution in [0.15, 0.2) is 18.2 Å². The number of benzene rings is 1. The first-order valence-corrected chi connectivity index (χ1v) is 4.59. The van der Waals surface area contributed by atoms with Crippen LogP contribution in [0, 0.1) is 10.1 Å². The highest BCUT2D eigenvalue weighted by Crippen LogP contribution is 2.30. The van der Waals surface area contributed by atoms with E-state index in [2.05, 4.69) is 4.74 Å². The highest BCUT2D eigenvalue weighted by atomic mass is 16.6. The Morgan fingerprint density at radius 3 is 2.59 bits per heavy atom. The van der Waals surface area contributed by atoms with Gasteiger partial charge < -0.3 is 14.6 Å². The summed E-state index contributed by atoms with van der Waals surface area (Å²) in [6.07, 6.45) is -1.55. The number of nitro groups is 1. The summed E-state index contributed by atoms with van der Waals surface area (Å²) in [5.41, 5.74) is -0.252. The van der Waals surface area contributed by atoms with Crippen molar-refractivity contribution in [2.45, 2.75) is 6.10 Å². The van der Waals surface area contributed by atoms with Gasteiger partial charge in [0.05, 0.1) is 19.1 Å². The summed E-state index contributed by atoms with van der Waals surface area (Å²) < 4.78 is 9.12. The highest BCUT2D eigenvalue weighted by molar-refractivity contribution is 5.76. The second kappa shape index (κ2) is 5.26. The quantitative estimate of drug-likeness (QED) is 0.475. The van der Waals surface area contributed by atoms with E-state index in [0.29, 0.717) is 0 Å². The summed E-state index contributed by atoms with van der Waals surface area (Å²) >= 11 is 0. The minimum absolute atomic E-state index is 0.0517. The maximum Gasteiger partial charge on any atom is 0.339 e. The van der Waals surface area contributed by atoms with E-state index in [1.807, 2.05) is 0 Å². The van der Waals surface area contributed by atoms with Crippen molar-refractivity contribution < 1.29 is 24.3 Å². The summed E-state index contributed by atoms with van der Waals surface area (Å²) in [5.74, 6) is -0.833. The topological polar surface area (TPSA) is 98.9 Å². The number of nitro benzene ring substituents is 1. The molecular weight excluding hydrogens is 230 g/mol. The Balaban J connectivity index is 3.16. The van der Waals surface area contributed by atoms with Gasteiger partial charge in [-0.05, 0) is 11.6 Å². The Morgan fingerprint density at radius 2 is 2.12 bits per heavy atom. The van der Waals surface area contributed by atoms with Gasteiger partial charge in [-0.25, -0.2) is 4.79 Å². The fourth-order valence-corrected chi connectivity index (χ4v) is 1.27. The molecule has 7 heteroatoms. The van der Waals surface area contributed by atoms with E-state index in [4.69, 9.17) is 4.74 Å². The van der Waals surface area contributed by atoms with E-state index in [9.17, 15) is 20.0 Å². The van der Waals surface area contributed by atoms with Gasteiger partial charge in [-0.2, -0.15) is 0 Å². The lowest BCUT2D eigenvalue weighted by atomic mass is 10.1. The van der Waals surface area contributed by atoms with Crippen LogP contribution < -0.4 is 4.74 Å². The molecule has 17 heavy (non-hydrogen) atoms. The SMILES string of the molecule is COC(=O)[C@H](O)c1ccc(OC)c([N+](=O)[O-])c1. The van der Waals surface area contributed by atoms with Crippen molar-refractivity contribution in [3.8, 4) is 5.75 Å². The third-order valence-electron chi connectivity index (χ3n) is 2.14. The molecule has 0 saturated heterocycles. The minimum atomic E-state index is -1.55. The van der Waals surface area contributed by atoms with Crippen LogP contribution in [0.5, 0.6) is 5.75 Å². The van der Waals surface area contributed by atoms with E-state index in [-0.39, 0.29) is 17.0 Å². The third kappa shape index (κ3) is 2.70. The van der Waals surface area contributed by atoms with Crippen molar-refractivity contribution in [2.75, 3.05) is 14.2 Å². The van der Waals surface area contributed by atoms with Gasteiger partial charge in [-0.1, -0.05) is 6.07 Å². The van der Waals surface area contributed by atoms with Crippen LogP contribution in [0.25, 0.3) is 0 Å². The summed E-state index contributed by atoms with van der Waals surface area (Å²) in [4.78, 5) is 21.1. The molecule has 0 fully saturated rings. The van der Waals surface area contributed by atoms with Gasteiger partial charge in [0, 0.05) is 6.07 Å². The van der Waals surface area contributed by atoms with E-state index < -0.39 is 17.0 Å². The van der Waals surface area contributed by atoms with Crippen LogP contribution in [0.4, 0.5) is 5.69 Å². The number of nitrogens with zero attached hydrogens (tertiary/aromatic N) is 1. The molecule has 1 aromatic carbocycles. The van der Waals surface area contributed by atoms with Crippen molar-refractivity contribution in [2.24, 2.45) is 0 Å². The van der Waals surface area contributed by atoms with E-state index in [1.165, 1.54) is 19.2 Å². The minimum Gasteiger partial charge on any atom is -0.490 e. The molecule has 0 saturated carbocycles. The zero-order chi connectivity index (χ0) is 13.0. The molecule has 1 rings (SSSR count). The number of ether oxygens (including phenoxy) is 2. The number of carbonyl (C=O) groups is 1. The lowest BCUT2D eigenvalue weighted by molar-refractivity contribution is -0.385. The number of methoxy groups -OCH3 is 2. The fourth-order valence-electron chi connectivity index (χ4n) is 1.27. The summed E-state index contributed by atoms with van der Waals surface area (Å²) in [5, 5.41) is 20.2. The lowest BCUT2D eigenvalue weighted by Crippen LogP contribution is -2.13. The van der Waals surface area contributed by atoms with Gasteiger partial charge in [-0.3, -0.25) is 10.1 Å². The van der Waals surface area contributed by atoms with Crippen LogP contribution in [-0.4, -0.2) is 30.2 Å². The smallest absolute Gasteiger partial charge is 0.339 e. The van der Waals surface area contributed by atoms with Crippen LogP contribution in [-0.2, 0) is 9.53 Å². The van der Waals surface area contributed by atoms with Crippen molar-refractivity contribution in [1.82, 2.24) is 0 Å². The lowest BCUT2D eigenvalue weighted by Gasteiger charge is -2.09. The van der Waals surface area contributed by atoms with Gasteiger partial charge in [0.2, 0.25) is 0 Å². The summed E-state index contributed by atoms with van der Waals surface area (Å²) in [6, 6.07) is 3.73. The zero-order valence-corrected chi connectivity index (χ0v) is 9.25.